The van der Waals surface area contributed by atoms with Crippen molar-refractivity contribution in [2.24, 2.45) is 0 Å². The molecule has 2 bridgehead atoms. The zero-order valence-corrected chi connectivity index (χ0v) is 9.04. The zero-order chi connectivity index (χ0) is 8.56. The summed E-state index contributed by atoms with van der Waals surface area (Å²) in [6, 6.07) is 0. The van der Waals surface area contributed by atoms with Crippen LogP contribution in [-0.2, 0) is 19.0 Å². The van der Waals surface area contributed by atoms with Gasteiger partial charge in [0.1, 0.15) is 11.4 Å². The van der Waals surface area contributed by atoms with Crippen molar-refractivity contribution >= 4 is 32.7 Å². The smallest absolute Gasteiger partial charge is 0.274 e. The molecule has 0 aromatic carbocycles. The summed E-state index contributed by atoms with van der Waals surface area (Å²) in [5.74, 6) is 0. The van der Waals surface area contributed by atoms with Crippen molar-refractivity contribution in [2.75, 3.05) is 0 Å². The number of rotatable bonds is 0. The van der Waals surface area contributed by atoms with Gasteiger partial charge >= 0.3 is 0 Å². The van der Waals surface area contributed by atoms with E-state index in [-0.39, 0.29) is 12.2 Å². The van der Waals surface area contributed by atoms with Crippen LogP contribution in [0.5, 0.6) is 0 Å². The second kappa shape index (κ2) is 1.99. The van der Waals surface area contributed by atoms with E-state index in [0.717, 1.165) is 6.42 Å². The Balaban J connectivity index is 2.20. The van der Waals surface area contributed by atoms with Gasteiger partial charge in [0.15, 0.2) is 3.61 Å². The fourth-order valence-electron chi connectivity index (χ4n) is 2.25. The number of hydrogen-bond acceptors (Lipinski definition) is 4. The van der Waals surface area contributed by atoms with E-state index >= 15 is 0 Å². The van der Waals surface area contributed by atoms with Crippen molar-refractivity contribution in [3.05, 3.63) is 0 Å². The Kier molecular flexibility index (Phi) is 1.32. The van der Waals surface area contributed by atoms with Crippen molar-refractivity contribution < 1.29 is 17.3 Å². The van der Waals surface area contributed by atoms with Gasteiger partial charge in [-0.15, -0.1) is 0 Å². The number of hydrogen-bond donors (Lipinski definition) is 0. The summed E-state index contributed by atoms with van der Waals surface area (Å²) >= 11 is 2.08. The van der Waals surface area contributed by atoms with Gasteiger partial charge in [-0.25, -0.2) is 0 Å². The maximum absolute atomic E-state index is 11.4. The van der Waals surface area contributed by atoms with Crippen molar-refractivity contribution in [1.82, 2.24) is 0 Å². The summed E-state index contributed by atoms with van der Waals surface area (Å²) in [4.78, 5) is 0. The van der Waals surface area contributed by atoms with Crippen LogP contribution in [0.1, 0.15) is 12.8 Å². The summed E-state index contributed by atoms with van der Waals surface area (Å²) in [6.07, 6.45) is 1.22. The molecule has 0 saturated carbocycles. The van der Waals surface area contributed by atoms with Crippen LogP contribution in [0.15, 0.2) is 0 Å². The van der Waals surface area contributed by atoms with Crippen LogP contribution in [0.4, 0.5) is 0 Å². The first kappa shape index (κ1) is 7.95. The van der Waals surface area contributed by atoms with Crippen molar-refractivity contribution in [3.63, 3.8) is 0 Å². The Labute approximate surface area is 83.9 Å². The fourth-order valence-corrected chi connectivity index (χ4v) is 6.09. The zero-order valence-electron chi connectivity index (χ0n) is 6.07. The van der Waals surface area contributed by atoms with Crippen LogP contribution in [0.25, 0.3) is 0 Å². The van der Waals surface area contributed by atoms with E-state index in [1.54, 1.807) is 0 Å². The highest BCUT2D eigenvalue weighted by Gasteiger charge is 2.70. The molecule has 68 valence electrons. The highest BCUT2D eigenvalue weighted by atomic mass is 127. The molecule has 0 spiro atoms. The quantitative estimate of drug-likeness (QED) is 0.369. The molecule has 3 fully saturated rings. The Bertz CT molecular complexity index is 339. The molecule has 3 saturated heterocycles. The van der Waals surface area contributed by atoms with Crippen molar-refractivity contribution in [2.45, 2.75) is 33.9 Å². The molecule has 3 aliphatic rings. The van der Waals surface area contributed by atoms with E-state index in [1.165, 1.54) is 0 Å². The van der Waals surface area contributed by atoms with Crippen LogP contribution in [0, 0.1) is 0 Å². The summed E-state index contributed by atoms with van der Waals surface area (Å²) in [7, 11) is -3.32. The molecular formula is C6H7IO4S. The predicted molar refractivity (Wildman–Crippen MR) is 48.4 cm³/mol. The third kappa shape index (κ3) is 0.729. The lowest BCUT2D eigenvalue weighted by molar-refractivity contribution is 0.0708. The average molecular weight is 302 g/mol. The van der Waals surface area contributed by atoms with E-state index in [0.29, 0.717) is 6.42 Å². The van der Waals surface area contributed by atoms with Crippen LogP contribution >= 0.6 is 22.6 Å². The first-order valence-electron chi connectivity index (χ1n) is 3.81. The molecule has 0 N–H and O–H groups in total. The summed E-state index contributed by atoms with van der Waals surface area (Å²) in [5.41, 5.74) is 0. The number of halogens is 1. The predicted octanol–water partition coefficient (Wildman–Crippen LogP) is 0.408. The normalized spacial score (nSPS) is 59.6. The molecular weight excluding hydrogens is 295 g/mol. The van der Waals surface area contributed by atoms with E-state index in [2.05, 4.69) is 22.6 Å². The van der Waals surface area contributed by atoms with Gasteiger partial charge in [0, 0.05) is 6.42 Å². The van der Waals surface area contributed by atoms with E-state index in [9.17, 15) is 8.42 Å². The van der Waals surface area contributed by atoms with Gasteiger partial charge in [-0.3, -0.25) is 4.18 Å². The van der Waals surface area contributed by atoms with Gasteiger partial charge in [0.2, 0.25) is 0 Å². The molecule has 3 heterocycles. The molecule has 12 heavy (non-hydrogen) atoms. The first-order valence-corrected chi connectivity index (χ1v) is 6.36. The summed E-state index contributed by atoms with van der Waals surface area (Å²) < 4.78 is 32.7. The van der Waals surface area contributed by atoms with Gasteiger partial charge in [-0.2, -0.15) is 8.42 Å². The maximum atomic E-state index is 11.4. The third-order valence-electron chi connectivity index (χ3n) is 2.78. The Morgan fingerprint density at radius 3 is 2.67 bits per heavy atom. The Morgan fingerprint density at radius 1 is 1.42 bits per heavy atom. The fraction of sp³-hybridized carbons (Fsp3) is 1.00. The topological polar surface area (TPSA) is 52.6 Å². The standard InChI is InChI=1S/C6H7IO4S/c7-6-4-1-3(10-6)2-5(6)12(8,9)11-4/h3-5H,1-2H2. The maximum Gasteiger partial charge on any atom is 0.274 e. The van der Waals surface area contributed by atoms with E-state index < -0.39 is 19.0 Å². The minimum Gasteiger partial charge on any atom is -0.357 e. The molecule has 3 aliphatic heterocycles. The third-order valence-corrected chi connectivity index (χ3v) is 6.64. The lowest BCUT2D eigenvalue weighted by Crippen LogP contribution is -2.37. The first-order chi connectivity index (χ1) is 5.52. The van der Waals surface area contributed by atoms with Crippen LogP contribution in [0.3, 0.4) is 0 Å². The second-order valence-corrected chi connectivity index (χ2v) is 6.91. The number of ether oxygens (including phenoxy) is 1. The SMILES string of the molecule is O=S1(=O)OC2CC3CC1C2(I)O3. The molecule has 4 unspecified atom stereocenters. The molecule has 6 heteroatoms. The van der Waals surface area contributed by atoms with Crippen LogP contribution in [0.2, 0.25) is 0 Å². The average Bonchev–Trinajstić information content (AvgIpc) is 2.39. The molecule has 0 amide bonds. The Morgan fingerprint density at radius 2 is 2.17 bits per heavy atom. The van der Waals surface area contributed by atoms with E-state index in [4.69, 9.17) is 8.92 Å². The number of fused-ring (bicyclic) bond motifs is 1. The van der Waals surface area contributed by atoms with Gasteiger partial charge in [-0.05, 0) is 29.0 Å². The Hall–Kier alpha value is 0.600. The minimum absolute atomic E-state index is 0.106. The second-order valence-electron chi connectivity index (χ2n) is 3.48. The highest BCUT2D eigenvalue weighted by molar-refractivity contribution is 14.1. The highest BCUT2D eigenvalue weighted by Crippen LogP contribution is 2.57. The minimum atomic E-state index is -3.32. The molecule has 4 atom stereocenters. The molecule has 0 aromatic heterocycles. The summed E-state index contributed by atoms with van der Waals surface area (Å²) in [5, 5.41) is -0.422. The largest absolute Gasteiger partial charge is 0.357 e. The van der Waals surface area contributed by atoms with Crippen LogP contribution < -0.4 is 0 Å². The lowest BCUT2D eigenvalue weighted by atomic mass is 9.98. The van der Waals surface area contributed by atoms with Gasteiger partial charge in [0.25, 0.3) is 10.1 Å². The molecule has 4 nitrogen and oxygen atoms in total. The molecule has 3 rings (SSSR count). The van der Waals surface area contributed by atoms with Crippen LogP contribution in [-0.4, -0.2) is 29.5 Å². The molecule has 0 radical (unpaired) electrons. The van der Waals surface area contributed by atoms with Crippen molar-refractivity contribution in [1.29, 1.82) is 0 Å². The van der Waals surface area contributed by atoms with Gasteiger partial charge in [-0.1, -0.05) is 0 Å². The van der Waals surface area contributed by atoms with Gasteiger partial charge < -0.3 is 4.74 Å². The molecule has 0 aliphatic carbocycles. The van der Waals surface area contributed by atoms with Crippen molar-refractivity contribution in [3.8, 4) is 0 Å². The number of alkyl halides is 1. The van der Waals surface area contributed by atoms with E-state index in [1.807, 2.05) is 0 Å². The summed E-state index contributed by atoms with van der Waals surface area (Å²) in [6.45, 7) is 0. The molecule has 0 aromatic rings. The lowest BCUT2D eigenvalue weighted by Gasteiger charge is -2.18. The van der Waals surface area contributed by atoms with Gasteiger partial charge in [0.05, 0.1) is 6.10 Å². The monoisotopic (exact) mass is 302 g/mol.